The first-order valence-electron chi connectivity index (χ1n) is 8.68. The number of nitrogens with zero attached hydrogens (tertiary/aromatic N) is 1. The van der Waals surface area contributed by atoms with Crippen LogP contribution in [-0.2, 0) is 17.4 Å². The summed E-state index contributed by atoms with van der Waals surface area (Å²) in [5, 5.41) is 10.8. The van der Waals surface area contributed by atoms with E-state index in [2.05, 4.69) is 58.6 Å². The highest BCUT2D eigenvalue weighted by Crippen LogP contribution is 2.38. The van der Waals surface area contributed by atoms with Crippen LogP contribution in [0.25, 0.3) is 0 Å². The summed E-state index contributed by atoms with van der Waals surface area (Å²) in [7, 11) is 0. The number of hydrogen-bond acceptors (Lipinski definition) is 2. The predicted molar refractivity (Wildman–Crippen MR) is 94.6 cm³/mol. The molecule has 0 radical (unpaired) electrons. The van der Waals surface area contributed by atoms with E-state index in [4.69, 9.17) is 0 Å². The number of rotatable bonds is 2. The van der Waals surface area contributed by atoms with E-state index in [1.54, 1.807) is 0 Å². The van der Waals surface area contributed by atoms with Crippen LogP contribution in [0.15, 0.2) is 12.1 Å². The average Bonchev–Trinajstić information content (AvgIpc) is 2.39. The van der Waals surface area contributed by atoms with E-state index in [0.717, 1.165) is 30.8 Å². The van der Waals surface area contributed by atoms with Crippen molar-refractivity contribution in [1.29, 1.82) is 0 Å². The topological polar surface area (TPSA) is 23.5 Å². The van der Waals surface area contributed by atoms with Gasteiger partial charge in [-0.05, 0) is 47.9 Å². The van der Waals surface area contributed by atoms with Gasteiger partial charge in [-0.3, -0.25) is 4.90 Å². The minimum absolute atomic E-state index is 0.0397. The average molecular weight is 303 g/mol. The number of likely N-dealkylation sites (tertiary alicyclic amines) is 1. The van der Waals surface area contributed by atoms with E-state index >= 15 is 0 Å². The Morgan fingerprint density at radius 3 is 2.00 bits per heavy atom. The Bertz CT molecular complexity index is 514. The molecule has 0 bridgehead atoms. The molecule has 1 aromatic carbocycles. The maximum atomic E-state index is 10.8. The first-order chi connectivity index (χ1) is 10.1. The summed E-state index contributed by atoms with van der Waals surface area (Å²) in [5.41, 5.74) is 3.56. The van der Waals surface area contributed by atoms with Crippen molar-refractivity contribution in [3.05, 3.63) is 28.8 Å². The Kier molecular flexibility index (Phi) is 4.91. The van der Waals surface area contributed by atoms with Crippen LogP contribution in [0.4, 0.5) is 0 Å². The number of benzene rings is 1. The highest BCUT2D eigenvalue weighted by atomic mass is 16.3. The smallest absolute Gasteiger partial charge is 0.123 e. The molecule has 0 spiro atoms. The summed E-state index contributed by atoms with van der Waals surface area (Å²) in [4.78, 5) is 2.48. The number of aromatic hydroxyl groups is 1. The summed E-state index contributed by atoms with van der Waals surface area (Å²) in [6.45, 7) is 16.5. The minimum Gasteiger partial charge on any atom is -0.507 e. The van der Waals surface area contributed by atoms with Gasteiger partial charge in [0, 0.05) is 12.1 Å². The molecule has 0 saturated carbocycles. The standard InChI is InChI=1S/C20H33NO/c1-19(2,3)16-12-15(14-21-10-8-7-9-11-21)18(22)17(13-16)20(4,5)6/h12-13,22H,7-11,14H2,1-6H3. The van der Waals surface area contributed by atoms with Gasteiger partial charge in [0.25, 0.3) is 0 Å². The van der Waals surface area contributed by atoms with E-state index in [1.165, 1.54) is 24.8 Å². The molecule has 2 heteroatoms. The zero-order valence-corrected chi connectivity index (χ0v) is 15.3. The lowest BCUT2D eigenvalue weighted by molar-refractivity contribution is 0.218. The Morgan fingerprint density at radius 1 is 0.909 bits per heavy atom. The van der Waals surface area contributed by atoms with E-state index < -0.39 is 0 Å². The van der Waals surface area contributed by atoms with Gasteiger partial charge in [-0.15, -0.1) is 0 Å². The Labute approximate surface area is 136 Å². The molecule has 124 valence electrons. The van der Waals surface area contributed by atoms with Crippen LogP contribution >= 0.6 is 0 Å². The molecule has 1 fully saturated rings. The maximum absolute atomic E-state index is 10.8. The Hall–Kier alpha value is -1.02. The van der Waals surface area contributed by atoms with E-state index in [0.29, 0.717) is 5.75 Å². The third kappa shape index (κ3) is 4.04. The Morgan fingerprint density at radius 2 is 1.50 bits per heavy atom. The molecule has 1 aliphatic heterocycles. The number of phenolic OH excluding ortho intramolecular Hbond substituents is 1. The SMILES string of the molecule is CC(C)(C)c1cc(CN2CCCCC2)c(O)c(C(C)(C)C)c1. The first-order valence-corrected chi connectivity index (χ1v) is 8.68. The fourth-order valence-electron chi connectivity index (χ4n) is 3.18. The summed E-state index contributed by atoms with van der Waals surface area (Å²) in [5.74, 6) is 0.506. The number of piperidine rings is 1. The van der Waals surface area contributed by atoms with Gasteiger partial charge < -0.3 is 5.11 Å². The first kappa shape index (κ1) is 17.3. The maximum Gasteiger partial charge on any atom is 0.123 e. The van der Waals surface area contributed by atoms with Crippen molar-refractivity contribution in [3.8, 4) is 5.75 Å². The highest BCUT2D eigenvalue weighted by molar-refractivity contribution is 5.48. The number of phenols is 1. The van der Waals surface area contributed by atoms with Crippen molar-refractivity contribution in [3.63, 3.8) is 0 Å². The van der Waals surface area contributed by atoms with Crippen molar-refractivity contribution in [1.82, 2.24) is 4.90 Å². The van der Waals surface area contributed by atoms with Gasteiger partial charge in [-0.2, -0.15) is 0 Å². The van der Waals surface area contributed by atoms with Crippen molar-refractivity contribution in [2.75, 3.05) is 13.1 Å². The molecule has 1 aromatic rings. The van der Waals surface area contributed by atoms with E-state index in [1.807, 2.05) is 0 Å². The minimum atomic E-state index is -0.0397. The van der Waals surface area contributed by atoms with Crippen LogP contribution in [0.2, 0.25) is 0 Å². The third-order valence-corrected chi connectivity index (χ3v) is 4.71. The van der Waals surface area contributed by atoms with Crippen LogP contribution in [0.5, 0.6) is 5.75 Å². The van der Waals surface area contributed by atoms with Gasteiger partial charge in [-0.1, -0.05) is 60.1 Å². The van der Waals surface area contributed by atoms with Gasteiger partial charge in [0.15, 0.2) is 0 Å². The second-order valence-electron chi connectivity index (χ2n) is 8.87. The quantitative estimate of drug-likeness (QED) is 0.833. The summed E-state index contributed by atoms with van der Waals surface area (Å²) in [6.07, 6.45) is 3.91. The van der Waals surface area contributed by atoms with Gasteiger partial charge in [0.2, 0.25) is 0 Å². The molecule has 0 aromatic heterocycles. The normalized spacial score (nSPS) is 17.7. The molecule has 0 unspecified atom stereocenters. The third-order valence-electron chi connectivity index (χ3n) is 4.71. The second-order valence-corrected chi connectivity index (χ2v) is 8.87. The van der Waals surface area contributed by atoms with Gasteiger partial charge in [0.1, 0.15) is 5.75 Å². The summed E-state index contributed by atoms with van der Waals surface area (Å²) < 4.78 is 0. The zero-order valence-electron chi connectivity index (χ0n) is 15.3. The predicted octanol–water partition coefficient (Wildman–Crippen LogP) is 4.97. The highest BCUT2D eigenvalue weighted by Gasteiger charge is 2.25. The molecule has 0 atom stereocenters. The van der Waals surface area contributed by atoms with Gasteiger partial charge in [0.05, 0.1) is 0 Å². The molecule has 1 N–H and O–H groups in total. The summed E-state index contributed by atoms with van der Waals surface area (Å²) >= 11 is 0. The van der Waals surface area contributed by atoms with Crippen LogP contribution in [-0.4, -0.2) is 23.1 Å². The molecule has 1 saturated heterocycles. The lowest BCUT2D eigenvalue weighted by Gasteiger charge is -2.30. The fraction of sp³-hybridized carbons (Fsp3) is 0.700. The van der Waals surface area contributed by atoms with Crippen molar-refractivity contribution in [2.24, 2.45) is 0 Å². The molecule has 1 heterocycles. The van der Waals surface area contributed by atoms with Crippen molar-refractivity contribution >= 4 is 0 Å². The van der Waals surface area contributed by atoms with Crippen LogP contribution in [0, 0.1) is 0 Å². The fourth-order valence-corrected chi connectivity index (χ4v) is 3.18. The lowest BCUT2D eigenvalue weighted by atomic mass is 9.79. The summed E-state index contributed by atoms with van der Waals surface area (Å²) in [6, 6.07) is 4.42. The molecule has 2 nitrogen and oxygen atoms in total. The van der Waals surface area contributed by atoms with E-state index in [9.17, 15) is 5.11 Å². The molecule has 1 aliphatic rings. The molecule has 22 heavy (non-hydrogen) atoms. The molecule has 2 rings (SSSR count). The molecule has 0 aliphatic carbocycles. The lowest BCUT2D eigenvalue weighted by Crippen LogP contribution is -2.29. The second kappa shape index (κ2) is 6.23. The Balaban J connectivity index is 2.42. The molecule has 0 amide bonds. The number of hydrogen-bond donors (Lipinski definition) is 1. The van der Waals surface area contributed by atoms with Crippen molar-refractivity contribution in [2.45, 2.75) is 78.2 Å². The molecular weight excluding hydrogens is 270 g/mol. The van der Waals surface area contributed by atoms with E-state index in [-0.39, 0.29) is 10.8 Å². The monoisotopic (exact) mass is 303 g/mol. The van der Waals surface area contributed by atoms with Crippen LogP contribution < -0.4 is 0 Å². The van der Waals surface area contributed by atoms with Crippen molar-refractivity contribution < 1.29 is 5.11 Å². The molecular formula is C20H33NO. The zero-order chi connectivity index (χ0) is 16.5. The van der Waals surface area contributed by atoms with Gasteiger partial charge >= 0.3 is 0 Å². The van der Waals surface area contributed by atoms with Crippen LogP contribution in [0.3, 0.4) is 0 Å². The van der Waals surface area contributed by atoms with Gasteiger partial charge in [-0.25, -0.2) is 0 Å². The van der Waals surface area contributed by atoms with Crippen LogP contribution in [0.1, 0.15) is 77.5 Å². The largest absolute Gasteiger partial charge is 0.507 e.